The smallest absolute Gasteiger partial charge is 0.340 e. The van der Waals surface area contributed by atoms with E-state index < -0.39 is 17.7 Å². The Kier molecular flexibility index (Phi) is 6.45. The van der Waals surface area contributed by atoms with Crippen LogP contribution < -0.4 is 0 Å². The first kappa shape index (κ1) is 21.8. The molecule has 1 aliphatic heterocycles. The Morgan fingerprint density at radius 3 is 2.30 bits per heavy atom. The first-order valence-electron chi connectivity index (χ1n) is 9.64. The topological polar surface area (TPSA) is 82.7 Å². The van der Waals surface area contributed by atoms with Crippen molar-refractivity contribution in [2.24, 2.45) is 0 Å². The fraction of sp³-hybridized carbons (Fsp3) is 0.381. The number of halogens is 2. The molecule has 2 amide bonds. The summed E-state index contributed by atoms with van der Waals surface area (Å²) in [5.74, 6) is -1.82. The number of rotatable bonds is 4. The van der Waals surface area contributed by atoms with E-state index in [9.17, 15) is 18.8 Å². The Balaban J connectivity index is 1.70. The zero-order valence-electron chi connectivity index (χ0n) is 17.1. The Morgan fingerprint density at radius 2 is 1.70 bits per heavy atom. The van der Waals surface area contributed by atoms with Gasteiger partial charge in [0, 0.05) is 36.9 Å². The van der Waals surface area contributed by atoms with Gasteiger partial charge in [0.2, 0.25) is 0 Å². The molecule has 0 unspecified atom stereocenters. The van der Waals surface area contributed by atoms with Crippen LogP contribution in [0.4, 0.5) is 4.39 Å². The highest BCUT2D eigenvalue weighted by molar-refractivity contribution is 6.31. The third kappa shape index (κ3) is 4.18. The number of carbonyl (C=O) groups excluding carboxylic acids is 3. The number of hydrogen-bond donors (Lipinski definition) is 1. The number of benzene rings is 1. The van der Waals surface area contributed by atoms with Gasteiger partial charge in [-0.3, -0.25) is 9.59 Å². The minimum absolute atomic E-state index is 0.0859. The molecule has 0 saturated carbocycles. The molecule has 0 spiro atoms. The molecular weight excluding hydrogens is 413 g/mol. The van der Waals surface area contributed by atoms with Gasteiger partial charge in [-0.2, -0.15) is 0 Å². The Labute approximate surface area is 178 Å². The van der Waals surface area contributed by atoms with Crippen LogP contribution in [0, 0.1) is 19.7 Å². The minimum Gasteiger partial charge on any atom is -0.462 e. The fourth-order valence-corrected chi connectivity index (χ4v) is 3.75. The summed E-state index contributed by atoms with van der Waals surface area (Å²) in [7, 11) is 0. The molecule has 1 N–H and O–H groups in total. The lowest BCUT2D eigenvalue weighted by Gasteiger charge is -2.34. The molecule has 7 nitrogen and oxygen atoms in total. The number of esters is 1. The maximum absolute atomic E-state index is 14.0. The van der Waals surface area contributed by atoms with Crippen LogP contribution in [0.1, 0.15) is 49.4 Å². The van der Waals surface area contributed by atoms with Crippen LogP contribution >= 0.6 is 11.6 Å². The van der Waals surface area contributed by atoms with Crippen LogP contribution in [0.25, 0.3) is 0 Å². The number of amides is 2. The number of nitrogens with one attached hydrogen (secondary N) is 1. The largest absolute Gasteiger partial charge is 0.462 e. The van der Waals surface area contributed by atoms with E-state index in [1.54, 1.807) is 25.7 Å². The van der Waals surface area contributed by atoms with Crippen molar-refractivity contribution < 1.29 is 23.5 Å². The quantitative estimate of drug-likeness (QED) is 0.747. The molecule has 2 aromatic rings. The number of aryl methyl sites for hydroxylation is 1. The Bertz CT molecular complexity index is 996. The van der Waals surface area contributed by atoms with Crippen molar-refractivity contribution in [1.29, 1.82) is 0 Å². The fourth-order valence-electron chi connectivity index (χ4n) is 3.58. The molecule has 1 saturated heterocycles. The van der Waals surface area contributed by atoms with Crippen molar-refractivity contribution in [2.45, 2.75) is 20.8 Å². The van der Waals surface area contributed by atoms with Crippen molar-refractivity contribution in [3.8, 4) is 0 Å². The number of ether oxygens (including phenoxy) is 1. The summed E-state index contributed by atoms with van der Waals surface area (Å²) < 4.78 is 19.1. The van der Waals surface area contributed by atoms with E-state index >= 15 is 0 Å². The van der Waals surface area contributed by atoms with Gasteiger partial charge in [0.1, 0.15) is 11.5 Å². The molecular formula is C21H23ClFN3O4. The molecule has 1 fully saturated rings. The average molecular weight is 436 g/mol. The summed E-state index contributed by atoms with van der Waals surface area (Å²) in [5.41, 5.74) is 1.72. The SMILES string of the molecule is CCOC(=O)c1c(C)[nH]c(C(=O)N2CCN(C(=O)c3cc(Cl)ccc3F)CC2)c1C. The van der Waals surface area contributed by atoms with Gasteiger partial charge in [0.05, 0.1) is 17.7 Å². The van der Waals surface area contributed by atoms with Crippen molar-refractivity contribution in [3.63, 3.8) is 0 Å². The normalized spacial score (nSPS) is 14.0. The molecule has 30 heavy (non-hydrogen) atoms. The highest BCUT2D eigenvalue weighted by atomic mass is 35.5. The molecule has 3 rings (SSSR count). The number of H-pyrrole nitrogens is 1. The van der Waals surface area contributed by atoms with Gasteiger partial charge < -0.3 is 19.5 Å². The predicted octanol–water partition coefficient (Wildman–Crippen LogP) is 3.20. The van der Waals surface area contributed by atoms with E-state index in [4.69, 9.17) is 16.3 Å². The zero-order valence-corrected chi connectivity index (χ0v) is 17.8. The number of carbonyl (C=O) groups is 3. The van der Waals surface area contributed by atoms with Crippen LogP contribution in [-0.4, -0.2) is 65.4 Å². The molecule has 1 aromatic carbocycles. The molecule has 1 aromatic heterocycles. The molecule has 9 heteroatoms. The molecule has 0 bridgehead atoms. The van der Waals surface area contributed by atoms with Gasteiger partial charge in [-0.15, -0.1) is 0 Å². The Hall–Kier alpha value is -2.87. The van der Waals surface area contributed by atoms with Gasteiger partial charge >= 0.3 is 5.97 Å². The van der Waals surface area contributed by atoms with Gasteiger partial charge in [-0.05, 0) is 44.5 Å². The minimum atomic E-state index is -0.633. The van der Waals surface area contributed by atoms with E-state index in [1.165, 1.54) is 17.0 Å². The third-order valence-electron chi connectivity index (χ3n) is 5.14. The number of hydrogen-bond acceptors (Lipinski definition) is 4. The van der Waals surface area contributed by atoms with E-state index in [2.05, 4.69) is 4.98 Å². The van der Waals surface area contributed by atoms with Gasteiger partial charge in [-0.25, -0.2) is 9.18 Å². The van der Waals surface area contributed by atoms with Gasteiger partial charge in [0.15, 0.2) is 0 Å². The second-order valence-electron chi connectivity index (χ2n) is 7.05. The predicted molar refractivity (Wildman–Crippen MR) is 109 cm³/mol. The monoisotopic (exact) mass is 435 g/mol. The number of piperazine rings is 1. The van der Waals surface area contributed by atoms with Crippen LogP contribution in [0.5, 0.6) is 0 Å². The van der Waals surface area contributed by atoms with Crippen molar-refractivity contribution in [1.82, 2.24) is 14.8 Å². The number of aromatic amines is 1. The van der Waals surface area contributed by atoms with Crippen molar-refractivity contribution >= 4 is 29.4 Å². The first-order valence-corrected chi connectivity index (χ1v) is 10.0. The zero-order chi connectivity index (χ0) is 22.0. The van der Waals surface area contributed by atoms with E-state index in [0.29, 0.717) is 35.6 Å². The highest BCUT2D eigenvalue weighted by Crippen LogP contribution is 2.22. The lowest BCUT2D eigenvalue weighted by atomic mass is 10.1. The van der Waals surface area contributed by atoms with Crippen molar-refractivity contribution in [3.05, 3.63) is 57.1 Å². The number of nitrogens with zero attached hydrogens (tertiary/aromatic N) is 2. The maximum atomic E-state index is 14.0. The van der Waals surface area contributed by atoms with E-state index in [-0.39, 0.29) is 36.2 Å². The highest BCUT2D eigenvalue weighted by Gasteiger charge is 2.30. The molecule has 0 atom stereocenters. The van der Waals surface area contributed by atoms with Crippen molar-refractivity contribution in [2.75, 3.05) is 32.8 Å². The molecule has 2 heterocycles. The lowest BCUT2D eigenvalue weighted by molar-refractivity contribution is 0.0522. The van der Waals surface area contributed by atoms with Gasteiger partial charge in [0.25, 0.3) is 11.8 Å². The lowest BCUT2D eigenvalue weighted by Crippen LogP contribution is -2.50. The summed E-state index contributed by atoms with van der Waals surface area (Å²) in [6.07, 6.45) is 0. The first-order chi connectivity index (χ1) is 14.2. The second kappa shape index (κ2) is 8.87. The molecule has 0 aliphatic carbocycles. The third-order valence-corrected chi connectivity index (χ3v) is 5.38. The van der Waals surface area contributed by atoms with E-state index in [1.807, 2.05) is 0 Å². The van der Waals surface area contributed by atoms with Crippen LogP contribution in [0.3, 0.4) is 0 Å². The van der Waals surface area contributed by atoms with Crippen LogP contribution in [0.2, 0.25) is 5.02 Å². The Morgan fingerprint density at radius 1 is 1.10 bits per heavy atom. The van der Waals surface area contributed by atoms with Gasteiger partial charge in [-0.1, -0.05) is 11.6 Å². The summed E-state index contributed by atoms with van der Waals surface area (Å²) in [6.45, 7) is 6.49. The molecule has 0 radical (unpaired) electrons. The van der Waals surface area contributed by atoms with Crippen LogP contribution in [-0.2, 0) is 4.74 Å². The summed E-state index contributed by atoms with van der Waals surface area (Å²) >= 11 is 5.88. The second-order valence-corrected chi connectivity index (χ2v) is 7.49. The summed E-state index contributed by atoms with van der Waals surface area (Å²) in [6, 6.07) is 3.85. The summed E-state index contributed by atoms with van der Waals surface area (Å²) in [4.78, 5) is 43.8. The maximum Gasteiger partial charge on any atom is 0.340 e. The molecule has 1 aliphatic rings. The summed E-state index contributed by atoms with van der Waals surface area (Å²) in [5, 5.41) is 0.281. The van der Waals surface area contributed by atoms with E-state index in [0.717, 1.165) is 6.07 Å². The van der Waals surface area contributed by atoms with Crippen LogP contribution in [0.15, 0.2) is 18.2 Å². The molecule has 160 valence electrons. The number of aromatic nitrogens is 1. The average Bonchev–Trinajstić information content (AvgIpc) is 3.03. The standard InChI is InChI=1S/C21H23ClFN3O4/c1-4-30-21(29)17-12(2)18(24-13(17)3)20(28)26-9-7-25(8-10-26)19(27)15-11-14(22)5-6-16(15)23/h5-6,11,24H,4,7-10H2,1-3H3.